The fraction of sp³-hybridized carbons (Fsp3) is 0.292. The highest BCUT2D eigenvalue weighted by molar-refractivity contribution is 5.98. The van der Waals surface area contributed by atoms with E-state index in [-0.39, 0.29) is 11.9 Å². The molecule has 2 aromatic heterocycles. The van der Waals surface area contributed by atoms with Crippen LogP contribution in [0, 0.1) is 13.8 Å². The fourth-order valence-electron chi connectivity index (χ4n) is 4.30. The van der Waals surface area contributed by atoms with Crippen LogP contribution in [0.2, 0.25) is 0 Å². The van der Waals surface area contributed by atoms with Gasteiger partial charge in [-0.2, -0.15) is 20.1 Å². The summed E-state index contributed by atoms with van der Waals surface area (Å²) in [4.78, 5) is 21.9. The van der Waals surface area contributed by atoms with Crippen LogP contribution >= 0.6 is 0 Å². The van der Waals surface area contributed by atoms with Gasteiger partial charge in [-0.25, -0.2) is 4.98 Å². The number of amides is 1. The van der Waals surface area contributed by atoms with Gasteiger partial charge in [-0.1, -0.05) is 12.1 Å². The fourth-order valence-corrected chi connectivity index (χ4v) is 4.30. The van der Waals surface area contributed by atoms with Gasteiger partial charge < -0.3 is 9.64 Å². The number of likely N-dealkylation sites (tertiary alicyclic amines) is 1. The summed E-state index contributed by atoms with van der Waals surface area (Å²) in [5.74, 6) is 1.86. The maximum absolute atomic E-state index is 13.8. The highest BCUT2D eigenvalue weighted by Gasteiger charge is 2.34. The Morgan fingerprint density at radius 2 is 1.88 bits per heavy atom. The lowest BCUT2D eigenvalue weighted by Gasteiger charge is -2.24. The zero-order chi connectivity index (χ0) is 22.9. The van der Waals surface area contributed by atoms with Crippen LogP contribution in [0.3, 0.4) is 0 Å². The summed E-state index contributed by atoms with van der Waals surface area (Å²) in [6, 6.07) is 11.3. The van der Waals surface area contributed by atoms with Gasteiger partial charge in [-0.15, -0.1) is 0 Å². The number of carbonyl (C=O) groups excluding carboxylic acids is 1. The average Bonchev–Trinajstić information content (AvgIpc) is 3.61. The van der Waals surface area contributed by atoms with Crippen molar-refractivity contribution in [3.8, 4) is 22.8 Å². The molecule has 1 N–H and O–H groups in total. The van der Waals surface area contributed by atoms with Crippen molar-refractivity contribution < 1.29 is 9.53 Å². The van der Waals surface area contributed by atoms with E-state index in [1.807, 2.05) is 55.1 Å². The maximum Gasteiger partial charge on any atom is 0.256 e. The van der Waals surface area contributed by atoms with E-state index in [1.54, 1.807) is 19.5 Å². The molecule has 1 aliphatic rings. The molecule has 0 spiro atoms. The first-order valence-electron chi connectivity index (χ1n) is 10.9. The standard InChI is InChI=1S/C24H25N7O2/c1-15-13-18(20(14-16(15)2)31-25-10-11-26-31)24(32)30-12-6-8-19(30)23-27-22(28-29-23)17-7-4-5-9-21(17)33-3/h4-5,7,9-11,13-14,19H,6,8,12H2,1-3H3,(H,27,28,29). The number of nitrogens with zero attached hydrogens (tertiary/aromatic N) is 6. The lowest BCUT2D eigenvalue weighted by Crippen LogP contribution is -2.32. The van der Waals surface area contributed by atoms with Gasteiger partial charge in [0.05, 0.1) is 42.4 Å². The van der Waals surface area contributed by atoms with Gasteiger partial charge in [-0.3, -0.25) is 9.89 Å². The zero-order valence-corrected chi connectivity index (χ0v) is 18.8. The Labute approximate surface area is 191 Å². The monoisotopic (exact) mass is 443 g/mol. The second-order valence-corrected chi connectivity index (χ2v) is 8.17. The molecule has 33 heavy (non-hydrogen) atoms. The molecule has 0 bridgehead atoms. The Kier molecular flexibility index (Phi) is 5.37. The molecular weight excluding hydrogens is 418 g/mol. The van der Waals surface area contributed by atoms with E-state index in [9.17, 15) is 4.79 Å². The van der Waals surface area contributed by atoms with Crippen molar-refractivity contribution >= 4 is 5.91 Å². The lowest BCUT2D eigenvalue weighted by atomic mass is 10.0. The normalized spacial score (nSPS) is 15.7. The van der Waals surface area contributed by atoms with Gasteiger partial charge in [0.1, 0.15) is 11.6 Å². The number of aromatic nitrogens is 6. The maximum atomic E-state index is 13.8. The summed E-state index contributed by atoms with van der Waals surface area (Å²) >= 11 is 0. The number of hydrogen-bond donors (Lipinski definition) is 1. The van der Waals surface area contributed by atoms with Crippen LogP contribution in [0.25, 0.3) is 17.1 Å². The third-order valence-electron chi connectivity index (χ3n) is 6.16. The summed E-state index contributed by atoms with van der Waals surface area (Å²) < 4.78 is 5.45. The molecule has 1 aliphatic heterocycles. The number of aromatic amines is 1. The van der Waals surface area contributed by atoms with E-state index < -0.39 is 0 Å². The molecule has 1 atom stereocenters. The summed E-state index contributed by atoms with van der Waals surface area (Å²) in [6.07, 6.45) is 4.92. The quantitative estimate of drug-likeness (QED) is 0.505. The number of benzene rings is 2. The van der Waals surface area contributed by atoms with Gasteiger partial charge >= 0.3 is 0 Å². The number of carbonyl (C=O) groups is 1. The minimum absolute atomic E-state index is 0.0665. The molecule has 1 fully saturated rings. The second-order valence-electron chi connectivity index (χ2n) is 8.17. The number of hydrogen-bond acceptors (Lipinski definition) is 6. The topological polar surface area (TPSA) is 102 Å². The average molecular weight is 444 g/mol. The molecule has 4 aromatic rings. The number of ether oxygens (including phenoxy) is 1. The molecule has 168 valence electrons. The molecule has 0 radical (unpaired) electrons. The van der Waals surface area contributed by atoms with Crippen molar-refractivity contribution in [1.82, 2.24) is 35.1 Å². The van der Waals surface area contributed by atoms with Gasteiger partial charge in [0, 0.05) is 6.54 Å². The number of aryl methyl sites for hydroxylation is 2. The molecule has 9 heteroatoms. The number of para-hydroxylation sites is 1. The first-order chi connectivity index (χ1) is 16.1. The Bertz CT molecular complexity index is 1300. The van der Waals surface area contributed by atoms with Gasteiger partial charge in [0.25, 0.3) is 5.91 Å². The smallest absolute Gasteiger partial charge is 0.256 e. The Balaban J connectivity index is 1.49. The van der Waals surface area contributed by atoms with Gasteiger partial charge in [0.2, 0.25) is 0 Å². The number of nitrogens with one attached hydrogen (secondary N) is 1. The molecule has 0 saturated carbocycles. The Morgan fingerprint density at radius 1 is 1.12 bits per heavy atom. The van der Waals surface area contributed by atoms with E-state index >= 15 is 0 Å². The molecule has 2 aromatic carbocycles. The van der Waals surface area contributed by atoms with Crippen LogP contribution in [0.1, 0.15) is 46.2 Å². The lowest BCUT2D eigenvalue weighted by molar-refractivity contribution is 0.0729. The molecule has 3 heterocycles. The van der Waals surface area contributed by atoms with Crippen LogP contribution in [0.15, 0.2) is 48.8 Å². The van der Waals surface area contributed by atoms with E-state index in [2.05, 4.69) is 20.4 Å². The largest absolute Gasteiger partial charge is 0.496 e. The second kappa shape index (κ2) is 8.50. The predicted octanol–water partition coefficient (Wildman–Crippen LogP) is 3.66. The van der Waals surface area contributed by atoms with E-state index in [0.29, 0.717) is 35.2 Å². The van der Waals surface area contributed by atoms with Crippen molar-refractivity contribution in [3.63, 3.8) is 0 Å². The first-order valence-corrected chi connectivity index (χ1v) is 10.9. The Hall–Kier alpha value is -4.01. The molecule has 1 amide bonds. The van der Waals surface area contributed by atoms with Gasteiger partial charge in [-0.05, 0) is 62.1 Å². The minimum atomic E-state index is -0.187. The summed E-state index contributed by atoms with van der Waals surface area (Å²) in [5, 5.41) is 16.0. The SMILES string of the molecule is COc1ccccc1-c1n[nH]c(C2CCCN2C(=O)c2cc(C)c(C)cc2-n2nccn2)n1. The van der Waals surface area contributed by atoms with Crippen molar-refractivity contribution in [2.75, 3.05) is 13.7 Å². The highest BCUT2D eigenvalue weighted by atomic mass is 16.5. The minimum Gasteiger partial charge on any atom is -0.496 e. The number of rotatable bonds is 5. The number of methoxy groups -OCH3 is 1. The van der Waals surface area contributed by atoms with Crippen LogP contribution in [-0.2, 0) is 0 Å². The Morgan fingerprint density at radius 3 is 2.67 bits per heavy atom. The molecule has 1 unspecified atom stereocenters. The summed E-state index contributed by atoms with van der Waals surface area (Å²) in [5.41, 5.74) is 4.17. The van der Waals surface area contributed by atoms with Crippen molar-refractivity contribution in [3.05, 3.63) is 71.3 Å². The number of H-pyrrole nitrogens is 1. The van der Waals surface area contributed by atoms with E-state index in [0.717, 1.165) is 29.5 Å². The van der Waals surface area contributed by atoms with Crippen LogP contribution in [0.5, 0.6) is 5.75 Å². The first kappa shape index (κ1) is 20.9. The zero-order valence-electron chi connectivity index (χ0n) is 18.8. The summed E-state index contributed by atoms with van der Waals surface area (Å²) in [6.45, 7) is 4.67. The molecule has 1 saturated heterocycles. The van der Waals surface area contributed by atoms with Crippen molar-refractivity contribution in [2.45, 2.75) is 32.7 Å². The van der Waals surface area contributed by atoms with E-state index in [1.165, 1.54) is 4.80 Å². The van der Waals surface area contributed by atoms with Crippen LogP contribution < -0.4 is 4.74 Å². The third-order valence-corrected chi connectivity index (χ3v) is 6.16. The van der Waals surface area contributed by atoms with Crippen LogP contribution in [0.4, 0.5) is 0 Å². The van der Waals surface area contributed by atoms with E-state index in [4.69, 9.17) is 9.72 Å². The molecule has 9 nitrogen and oxygen atoms in total. The molecule has 5 rings (SSSR count). The van der Waals surface area contributed by atoms with Crippen molar-refractivity contribution in [2.24, 2.45) is 0 Å². The third kappa shape index (κ3) is 3.75. The highest BCUT2D eigenvalue weighted by Crippen LogP contribution is 2.34. The molecule has 0 aliphatic carbocycles. The van der Waals surface area contributed by atoms with Crippen LogP contribution in [-0.4, -0.2) is 54.6 Å². The predicted molar refractivity (Wildman–Crippen MR) is 122 cm³/mol. The van der Waals surface area contributed by atoms with Gasteiger partial charge in [0.15, 0.2) is 5.82 Å². The molecular formula is C24H25N7O2. The summed E-state index contributed by atoms with van der Waals surface area (Å²) in [7, 11) is 1.62. The van der Waals surface area contributed by atoms with Crippen molar-refractivity contribution in [1.29, 1.82) is 0 Å².